The molecule has 0 aromatic rings. The summed E-state index contributed by atoms with van der Waals surface area (Å²) in [7, 11) is 3.31. The Morgan fingerprint density at radius 2 is 2.00 bits per heavy atom. The summed E-state index contributed by atoms with van der Waals surface area (Å²) < 4.78 is 0. The van der Waals surface area contributed by atoms with Crippen molar-refractivity contribution in [3.8, 4) is 0 Å². The minimum absolute atomic E-state index is 0.0645. The SMILES string of the molecule is CCCC(=O)N/C=C\C(=O)N(C)C. The molecule has 0 atom stereocenters. The second kappa shape index (κ2) is 6.22. The number of nitrogens with zero attached hydrogens (tertiary/aromatic N) is 1. The first-order valence-corrected chi connectivity index (χ1v) is 4.25. The molecule has 0 spiro atoms. The molecular weight excluding hydrogens is 168 g/mol. The van der Waals surface area contributed by atoms with Crippen LogP contribution in [0.15, 0.2) is 12.3 Å². The highest BCUT2D eigenvalue weighted by Crippen LogP contribution is 1.86. The molecule has 0 heterocycles. The van der Waals surface area contributed by atoms with Crippen molar-refractivity contribution in [3.05, 3.63) is 12.3 Å². The predicted octanol–water partition coefficient (Wildman–Crippen LogP) is 0.505. The molecule has 0 saturated heterocycles. The fourth-order valence-electron chi connectivity index (χ4n) is 0.654. The summed E-state index contributed by atoms with van der Waals surface area (Å²) in [5, 5.41) is 2.50. The van der Waals surface area contributed by atoms with Crippen LogP contribution in [0.1, 0.15) is 19.8 Å². The fourth-order valence-corrected chi connectivity index (χ4v) is 0.654. The van der Waals surface area contributed by atoms with Crippen LogP contribution >= 0.6 is 0 Å². The Morgan fingerprint density at radius 1 is 1.38 bits per heavy atom. The van der Waals surface area contributed by atoms with Crippen LogP contribution in [0.4, 0.5) is 0 Å². The molecule has 74 valence electrons. The van der Waals surface area contributed by atoms with Gasteiger partial charge in [0.1, 0.15) is 0 Å². The van der Waals surface area contributed by atoms with Crippen molar-refractivity contribution in [2.45, 2.75) is 19.8 Å². The van der Waals surface area contributed by atoms with E-state index in [0.29, 0.717) is 6.42 Å². The quantitative estimate of drug-likeness (QED) is 0.647. The number of carbonyl (C=O) groups is 2. The van der Waals surface area contributed by atoms with E-state index in [1.54, 1.807) is 14.1 Å². The number of carbonyl (C=O) groups excluding carboxylic acids is 2. The van der Waals surface area contributed by atoms with Crippen LogP contribution in [0, 0.1) is 0 Å². The molecule has 2 amide bonds. The van der Waals surface area contributed by atoms with Gasteiger partial charge in [-0.15, -0.1) is 0 Å². The first-order chi connectivity index (χ1) is 6.07. The number of amides is 2. The van der Waals surface area contributed by atoms with Crippen molar-refractivity contribution in [2.75, 3.05) is 14.1 Å². The van der Waals surface area contributed by atoms with Gasteiger partial charge in [0, 0.05) is 32.8 Å². The smallest absolute Gasteiger partial charge is 0.247 e. The highest BCUT2D eigenvalue weighted by Gasteiger charge is 1.97. The molecule has 0 radical (unpaired) electrons. The molecule has 0 aliphatic heterocycles. The number of likely N-dealkylation sites (N-methyl/N-ethyl adjacent to an activating group) is 1. The van der Waals surface area contributed by atoms with Crippen LogP contribution in [-0.4, -0.2) is 30.8 Å². The van der Waals surface area contributed by atoms with Gasteiger partial charge in [0.15, 0.2) is 0 Å². The van der Waals surface area contributed by atoms with Gasteiger partial charge in [-0.1, -0.05) is 6.92 Å². The minimum atomic E-state index is -0.142. The van der Waals surface area contributed by atoms with E-state index in [1.807, 2.05) is 6.92 Å². The van der Waals surface area contributed by atoms with Gasteiger partial charge in [0.2, 0.25) is 11.8 Å². The zero-order chi connectivity index (χ0) is 10.3. The molecule has 0 fully saturated rings. The fraction of sp³-hybridized carbons (Fsp3) is 0.556. The molecule has 0 saturated carbocycles. The van der Waals surface area contributed by atoms with Crippen molar-refractivity contribution in [1.82, 2.24) is 10.2 Å². The average molecular weight is 184 g/mol. The molecule has 0 rings (SSSR count). The standard InChI is InChI=1S/C9H16N2O2/c1-4-5-8(12)10-7-6-9(13)11(2)3/h6-7H,4-5H2,1-3H3,(H,10,12)/b7-6-. The Kier molecular flexibility index (Phi) is 5.59. The van der Waals surface area contributed by atoms with E-state index >= 15 is 0 Å². The van der Waals surface area contributed by atoms with Crippen LogP contribution < -0.4 is 5.32 Å². The molecule has 4 heteroatoms. The molecule has 0 aromatic heterocycles. The summed E-state index contributed by atoms with van der Waals surface area (Å²) in [5.74, 6) is -0.206. The van der Waals surface area contributed by atoms with Crippen LogP contribution in [0.25, 0.3) is 0 Å². The van der Waals surface area contributed by atoms with Crippen LogP contribution in [-0.2, 0) is 9.59 Å². The first-order valence-electron chi connectivity index (χ1n) is 4.25. The van der Waals surface area contributed by atoms with E-state index in [2.05, 4.69) is 5.32 Å². The number of hydrogen-bond donors (Lipinski definition) is 1. The lowest BCUT2D eigenvalue weighted by Gasteiger charge is -2.05. The Bertz CT molecular complexity index is 210. The lowest BCUT2D eigenvalue weighted by atomic mass is 10.3. The largest absolute Gasteiger partial charge is 0.345 e. The lowest BCUT2D eigenvalue weighted by Crippen LogP contribution is -2.21. The Labute approximate surface area is 78.6 Å². The summed E-state index contributed by atoms with van der Waals surface area (Å²) in [4.78, 5) is 23.3. The van der Waals surface area contributed by atoms with Crippen molar-refractivity contribution < 1.29 is 9.59 Å². The first kappa shape index (κ1) is 11.7. The van der Waals surface area contributed by atoms with Crippen molar-refractivity contribution in [1.29, 1.82) is 0 Å². The molecular formula is C9H16N2O2. The van der Waals surface area contributed by atoms with Gasteiger partial charge in [-0.2, -0.15) is 0 Å². The minimum Gasteiger partial charge on any atom is -0.345 e. The summed E-state index contributed by atoms with van der Waals surface area (Å²) in [5.41, 5.74) is 0. The highest BCUT2D eigenvalue weighted by atomic mass is 16.2. The van der Waals surface area contributed by atoms with E-state index in [1.165, 1.54) is 17.2 Å². The van der Waals surface area contributed by atoms with E-state index in [0.717, 1.165) is 6.42 Å². The zero-order valence-electron chi connectivity index (χ0n) is 8.33. The Balaban J connectivity index is 3.75. The van der Waals surface area contributed by atoms with Crippen molar-refractivity contribution in [2.24, 2.45) is 0 Å². The molecule has 13 heavy (non-hydrogen) atoms. The molecule has 1 N–H and O–H groups in total. The molecule has 0 bridgehead atoms. The van der Waals surface area contributed by atoms with Gasteiger partial charge in [0.25, 0.3) is 0 Å². The summed E-state index contributed by atoms with van der Waals surface area (Å²) in [6.45, 7) is 1.92. The van der Waals surface area contributed by atoms with Gasteiger partial charge >= 0.3 is 0 Å². The third-order valence-corrected chi connectivity index (χ3v) is 1.39. The summed E-state index contributed by atoms with van der Waals surface area (Å²) >= 11 is 0. The molecule has 0 aliphatic carbocycles. The maximum atomic E-state index is 11.0. The Hall–Kier alpha value is -1.32. The summed E-state index contributed by atoms with van der Waals surface area (Å²) in [6.07, 6.45) is 4.00. The van der Waals surface area contributed by atoms with Crippen LogP contribution in [0.2, 0.25) is 0 Å². The average Bonchev–Trinajstić information content (AvgIpc) is 2.04. The molecule has 4 nitrogen and oxygen atoms in total. The highest BCUT2D eigenvalue weighted by molar-refractivity contribution is 5.88. The van der Waals surface area contributed by atoms with Crippen molar-refractivity contribution >= 4 is 11.8 Å². The van der Waals surface area contributed by atoms with Gasteiger partial charge in [-0.05, 0) is 6.42 Å². The second-order valence-corrected chi connectivity index (χ2v) is 2.88. The number of rotatable bonds is 4. The molecule has 0 aliphatic rings. The van der Waals surface area contributed by atoms with Crippen LogP contribution in [0.3, 0.4) is 0 Å². The van der Waals surface area contributed by atoms with E-state index in [4.69, 9.17) is 0 Å². The normalized spacial score (nSPS) is 10.1. The van der Waals surface area contributed by atoms with Gasteiger partial charge in [-0.25, -0.2) is 0 Å². The third kappa shape index (κ3) is 5.90. The lowest BCUT2D eigenvalue weighted by molar-refractivity contribution is -0.123. The van der Waals surface area contributed by atoms with Gasteiger partial charge < -0.3 is 10.2 Å². The molecule has 0 unspecified atom stereocenters. The van der Waals surface area contributed by atoms with Gasteiger partial charge in [0.05, 0.1) is 0 Å². The topological polar surface area (TPSA) is 49.4 Å². The number of hydrogen-bond acceptors (Lipinski definition) is 2. The van der Waals surface area contributed by atoms with Gasteiger partial charge in [-0.3, -0.25) is 9.59 Å². The maximum absolute atomic E-state index is 11.0. The molecule has 0 aromatic carbocycles. The van der Waals surface area contributed by atoms with Crippen molar-refractivity contribution in [3.63, 3.8) is 0 Å². The van der Waals surface area contributed by atoms with E-state index < -0.39 is 0 Å². The Morgan fingerprint density at radius 3 is 2.46 bits per heavy atom. The number of nitrogens with one attached hydrogen (secondary N) is 1. The maximum Gasteiger partial charge on any atom is 0.247 e. The summed E-state index contributed by atoms with van der Waals surface area (Å²) in [6, 6.07) is 0. The second-order valence-electron chi connectivity index (χ2n) is 2.88. The zero-order valence-corrected chi connectivity index (χ0v) is 8.33. The van der Waals surface area contributed by atoms with E-state index in [9.17, 15) is 9.59 Å². The third-order valence-electron chi connectivity index (χ3n) is 1.39. The van der Waals surface area contributed by atoms with E-state index in [-0.39, 0.29) is 11.8 Å². The predicted molar refractivity (Wildman–Crippen MR) is 50.9 cm³/mol. The van der Waals surface area contributed by atoms with Crippen LogP contribution in [0.5, 0.6) is 0 Å². The monoisotopic (exact) mass is 184 g/mol.